The first-order valence-corrected chi connectivity index (χ1v) is 13.3. The zero-order chi connectivity index (χ0) is 19.6. The average molecular weight is 377 g/mol. The van der Waals surface area contributed by atoms with Crippen molar-refractivity contribution in [3.8, 4) is 0 Å². The van der Waals surface area contributed by atoms with Gasteiger partial charge in [-0.25, -0.2) is 0 Å². The third-order valence-corrected chi connectivity index (χ3v) is 10.3. The van der Waals surface area contributed by atoms with Gasteiger partial charge in [0.05, 0.1) is 6.61 Å². The fourth-order valence-corrected chi connectivity index (χ4v) is 3.76. The van der Waals surface area contributed by atoms with Gasteiger partial charge in [0.2, 0.25) is 0 Å². The Morgan fingerprint density at radius 1 is 1.00 bits per heavy atom. The first kappa shape index (κ1) is 23.1. The second-order valence-electron chi connectivity index (χ2n) is 9.09. The summed E-state index contributed by atoms with van der Waals surface area (Å²) in [6.07, 6.45) is 9.70. The van der Waals surface area contributed by atoms with Crippen LogP contribution in [0.3, 0.4) is 0 Å². The molecule has 0 radical (unpaired) electrons. The van der Waals surface area contributed by atoms with Crippen LogP contribution in [0.15, 0.2) is 24.3 Å². The molecule has 0 saturated heterocycles. The highest BCUT2D eigenvalue weighted by Crippen LogP contribution is 2.37. The van der Waals surface area contributed by atoms with E-state index in [2.05, 4.69) is 65.1 Å². The highest BCUT2D eigenvalue weighted by atomic mass is 28.4. The van der Waals surface area contributed by atoms with Crippen LogP contribution in [0.5, 0.6) is 0 Å². The van der Waals surface area contributed by atoms with E-state index in [0.29, 0.717) is 6.61 Å². The highest BCUT2D eigenvalue weighted by molar-refractivity contribution is 6.74. The van der Waals surface area contributed by atoms with Gasteiger partial charge in [0.25, 0.3) is 0 Å². The first-order chi connectivity index (χ1) is 12.2. The summed E-state index contributed by atoms with van der Waals surface area (Å²) in [4.78, 5) is 11.5. The van der Waals surface area contributed by atoms with Crippen molar-refractivity contribution in [3.05, 3.63) is 35.4 Å². The van der Waals surface area contributed by atoms with Crippen molar-refractivity contribution >= 4 is 14.6 Å². The number of hydrogen-bond acceptors (Lipinski definition) is 2. The summed E-state index contributed by atoms with van der Waals surface area (Å²) in [7, 11) is -1.72. The maximum Gasteiger partial charge on any atom is 0.192 e. The van der Waals surface area contributed by atoms with Crippen LogP contribution in [-0.2, 0) is 15.8 Å². The van der Waals surface area contributed by atoms with Crippen LogP contribution in [0.1, 0.15) is 89.7 Å². The summed E-state index contributed by atoms with van der Waals surface area (Å²) in [6, 6.07) is 8.47. The molecule has 0 saturated carbocycles. The Morgan fingerprint density at radius 3 is 2.12 bits per heavy atom. The zero-order valence-corrected chi connectivity index (χ0v) is 18.9. The van der Waals surface area contributed by atoms with Crippen molar-refractivity contribution < 1.29 is 9.22 Å². The molecule has 1 rings (SSSR count). The Hall–Kier alpha value is -0.933. The standard InChI is InChI=1S/C23H40O2Si/c1-7-8-9-10-11-12-13-22(18-24)21-16-14-20(15-17-21)19-25-26(5,6)23(2,3)4/h14-18,22H,7-13,19H2,1-6H3. The number of unbranched alkanes of at least 4 members (excludes halogenated alkanes) is 5. The average Bonchev–Trinajstić information content (AvgIpc) is 2.59. The maximum atomic E-state index is 11.5. The quantitative estimate of drug-likeness (QED) is 0.218. The van der Waals surface area contributed by atoms with E-state index in [0.717, 1.165) is 24.7 Å². The molecule has 0 heterocycles. The monoisotopic (exact) mass is 376 g/mol. The predicted molar refractivity (Wildman–Crippen MR) is 115 cm³/mol. The molecule has 0 N–H and O–H groups in total. The Morgan fingerprint density at radius 2 is 1.58 bits per heavy atom. The van der Waals surface area contributed by atoms with E-state index in [1.165, 1.54) is 37.7 Å². The van der Waals surface area contributed by atoms with Crippen LogP contribution in [0.2, 0.25) is 18.1 Å². The molecule has 0 aliphatic heterocycles. The number of carbonyl (C=O) groups excluding carboxylic acids is 1. The molecule has 0 amide bonds. The Balaban J connectivity index is 2.50. The number of aldehydes is 1. The largest absolute Gasteiger partial charge is 0.413 e. The molecule has 2 nitrogen and oxygen atoms in total. The molecule has 1 aromatic rings. The van der Waals surface area contributed by atoms with Gasteiger partial charge in [-0.15, -0.1) is 0 Å². The lowest BCUT2D eigenvalue weighted by Gasteiger charge is -2.36. The van der Waals surface area contributed by atoms with Gasteiger partial charge in [0.15, 0.2) is 8.32 Å². The van der Waals surface area contributed by atoms with Crippen molar-refractivity contribution in [2.75, 3.05) is 0 Å². The van der Waals surface area contributed by atoms with Crippen LogP contribution in [0.25, 0.3) is 0 Å². The SMILES string of the molecule is CCCCCCCCC(C=O)c1ccc(CO[Si](C)(C)C(C)(C)C)cc1. The van der Waals surface area contributed by atoms with Crippen LogP contribution in [-0.4, -0.2) is 14.6 Å². The maximum absolute atomic E-state index is 11.5. The van der Waals surface area contributed by atoms with Gasteiger partial charge < -0.3 is 9.22 Å². The molecule has 148 valence electrons. The van der Waals surface area contributed by atoms with Gasteiger partial charge >= 0.3 is 0 Å². The molecule has 0 aliphatic rings. The third kappa shape index (κ3) is 7.75. The molecule has 0 aliphatic carbocycles. The second-order valence-corrected chi connectivity index (χ2v) is 13.9. The molecule has 1 unspecified atom stereocenters. The molecular formula is C23H40O2Si. The van der Waals surface area contributed by atoms with Crippen molar-refractivity contribution in [3.63, 3.8) is 0 Å². The molecule has 0 aromatic heterocycles. The van der Waals surface area contributed by atoms with Gasteiger partial charge in [0, 0.05) is 5.92 Å². The third-order valence-electron chi connectivity index (χ3n) is 5.85. The zero-order valence-electron chi connectivity index (χ0n) is 17.9. The lowest BCUT2D eigenvalue weighted by molar-refractivity contribution is -0.109. The Bertz CT molecular complexity index is 514. The van der Waals surface area contributed by atoms with E-state index in [-0.39, 0.29) is 11.0 Å². The van der Waals surface area contributed by atoms with Gasteiger partial charge in [-0.1, -0.05) is 90.5 Å². The number of rotatable bonds is 12. The minimum absolute atomic E-state index is 0.0385. The molecular weight excluding hydrogens is 336 g/mol. The number of benzene rings is 1. The minimum atomic E-state index is -1.72. The normalized spacial score (nSPS) is 13.6. The van der Waals surface area contributed by atoms with Crippen molar-refractivity contribution in [2.45, 2.75) is 103 Å². The lowest BCUT2D eigenvalue weighted by atomic mass is 9.93. The van der Waals surface area contributed by atoms with Gasteiger partial charge in [0.1, 0.15) is 6.29 Å². The van der Waals surface area contributed by atoms with Gasteiger partial charge in [-0.3, -0.25) is 0 Å². The second kappa shape index (κ2) is 11.0. The summed E-state index contributed by atoms with van der Waals surface area (Å²) in [5, 5.41) is 0.229. The Labute approximate surface area is 162 Å². The van der Waals surface area contributed by atoms with E-state index in [1.54, 1.807) is 0 Å². The summed E-state index contributed by atoms with van der Waals surface area (Å²) >= 11 is 0. The summed E-state index contributed by atoms with van der Waals surface area (Å²) in [5.74, 6) is 0.0385. The number of hydrogen-bond donors (Lipinski definition) is 0. The molecule has 0 bridgehead atoms. The molecule has 26 heavy (non-hydrogen) atoms. The van der Waals surface area contributed by atoms with E-state index >= 15 is 0 Å². The summed E-state index contributed by atoms with van der Waals surface area (Å²) in [5.41, 5.74) is 2.34. The lowest BCUT2D eigenvalue weighted by Crippen LogP contribution is -2.40. The van der Waals surface area contributed by atoms with Gasteiger partial charge in [-0.2, -0.15) is 0 Å². The van der Waals surface area contributed by atoms with Crippen LogP contribution in [0, 0.1) is 0 Å². The van der Waals surface area contributed by atoms with Crippen LogP contribution in [0.4, 0.5) is 0 Å². The predicted octanol–water partition coefficient (Wildman–Crippen LogP) is 7.24. The fraction of sp³-hybridized carbons (Fsp3) is 0.696. The summed E-state index contributed by atoms with van der Waals surface area (Å²) in [6.45, 7) is 14.3. The smallest absolute Gasteiger partial charge is 0.192 e. The van der Waals surface area contributed by atoms with E-state index in [1.807, 2.05) is 0 Å². The highest BCUT2D eigenvalue weighted by Gasteiger charge is 2.36. The minimum Gasteiger partial charge on any atom is -0.413 e. The van der Waals surface area contributed by atoms with Crippen molar-refractivity contribution in [1.29, 1.82) is 0 Å². The van der Waals surface area contributed by atoms with E-state index in [9.17, 15) is 4.79 Å². The first-order valence-electron chi connectivity index (χ1n) is 10.4. The number of carbonyl (C=O) groups is 1. The summed E-state index contributed by atoms with van der Waals surface area (Å²) < 4.78 is 6.29. The Kier molecular flexibility index (Phi) is 9.81. The molecule has 0 fully saturated rings. The van der Waals surface area contributed by atoms with Crippen LogP contribution >= 0.6 is 0 Å². The van der Waals surface area contributed by atoms with Crippen LogP contribution < -0.4 is 0 Å². The van der Waals surface area contributed by atoms with Crippen molar-refractivity contribution in [1.82, 2.24) is 0 Å². The van der Waals surface area contributed by atoms with Crippen molar-refractivity contribution in [2.24, 2.45) is 0 Å². The molecule has 1 aromatic carbocycles. The van der Waals surface area contributed by atoms with E-state index in [4.69, 9.17) is 4.43 Å². The van der Waals surface area contributed by atoms with Gasteiger partial charge in [-0.05, 0) is 35.7 Å². The topological polar surface area (TPSA) is 26.3 Å². The van der Waals surface area contributed by atoms with E-state index < -0.39 is 8.32 Å². The fourth-order valence-electron chi connectivity index (χ4n) is 2.80. The molecule has 0 spiro atoms. The molecule has 1 atom stereocenters. The molecule has 3 heteroatoms.